The third-order valence-corrected chi connectivity index (χ3v) is 5.55. The summed E-state index contributed by atoms with van der Waals surface area (Å²) in [4.78, 5) is 30.5. The zero-order valence-corrected chi connectivity index (χ0v) is 15.2. The average Bonchev–Trinajstić information content (AvgIpc) is 3.06. The number of hydrogen-bond acceptors (Lipinski definition) is 5. The van der Waals surface area contributed by atoms with Gasteiger partial charge in [-0.05, 0) is 31.4 Å². The molecule has 1 saturated carbocycles. The first-order valence-electron chi connectivity index (χ1n) is 9.50. The van der Waals surface area contributed by atoms with E-state index in [-0.39, 0.29) is 30.4 Å². The summed E-state index contributed by atoms with van der Waals surface area (Å²) < 4.78 is 1.81. The molecule has 8 heteroatoms. The Hall–Kier alpha value is -2.45. The van der Waals surface area contributed by atoms with E-state index >= 15 is 0 Å². The van der Waals surface area contributed by atoms with Gasteiger partial charge in [0, 0.05) is 19.1 Å². The molecule has 8 nitrogen and oxygen atoms in total. The number of aliphatic hydroxyl groups is 1. The van der Waals surface area contributed by atoms with Crippen LogP contribution in [0, 0.1) is 0 Å². The number of amides is 2. The second kappa shape index (κ2) is 7.66. The first-order valence-corrected chi connectivity index (χ1v) is 9.50. The highest BCUT2D eigenvalue weighted by molar-refractivity contribution is 5.80. The number of piperazine rings is 1. The van der Waals surface area contributed by atoms with E-state index in [1.807, 2.05) is 33.7 Å². The van der Waals surface area contributed by atoms with E-state index in [9.17, 15) is 14.7 Å². The van der Waals surface area contributed by atoms with Gasteiger partial charge in [0.1, 0.15) is 6.54 Å². The number of aliphatic hydroxyl groups excluding tert-OH is 1. The number of nitrogens with one attached hydrogen (secondary N) is 2. The third-order valence-electron chi connectivity index (χ3n) is 5.55. The summed E-state index contributed by atoms with van der Waals surface area (Å²) in [6.45, 7) is 1.81. The van der Waals surface area contributed by atoms with E-state index in [0.29, 0.717) is 13.1 Å². The molecule has 0 radical (unpaired) electrons. The van der Waals surface area contributed by atoms with Crippen molar-refractivity contribution in [2.45, 2.75) is 44.0 Å². The lowest BCUT2D eigenvalue weighted by Gasteiger charge is -2.42. The number of rotatable bonds is 4. The number of nitrogens with zero attached hydrogens (tertiary/aromatic N) is 3. The maximum absolute atomic E-state index is 12.6. The number of benzene rings is 1. The summed E-state index contributed by atoms with van der Waals surface area (Å²) >= 11 is 0. The fourth-order valence-corrected chi connectivity index (χ4v) is 4.20. The minimum atomic E-state index is -0.673. The predicted molar refractivity (Wildman–Crippen MR) is 99.9 cm³/mol. The molecule has 2 heterocycles. The zero-order chi connectivity index (χ0) is 18.8. The molecule has 1 saturated heterocycles. The molecule has 0 spiro atoms. The molecule has 2 aromatic rings. The minimum Gasteiger partial charge on any atom is -0.389 e. The van der Waals surface area contributed by atoms with Gasteiger partial charge in [0.15, 0.2) is 0 Å². The van der Waals surface area contributed by atoms with Crippen LogP contribution in [-0.2, 0) is 16.1 Å². The molecule has 0 unspecified atom stereocenters. The predicted octanol–water partition coefficient (Wildman–Crippen LogP) is -0.134. The van der Waals surface area contributed by atoms with Crippen molar-refractivity contribution >= 4 is 22.8 Å². The van der Waals surface area contributed by atoms with Crippen molar-refractivity contribution < 1.29 is 14.7 Å². The number of aromatic nitrogens is 2. The molecular weight excluding hydrogens is 346 g/mol. The number of imidazole rings is 1. The van der Waals surface area contributed by atoms with Gasteiger partial charge in [0.25, 0.3) is 0 Å². The van der Waals surface area contributed by atoms with Gasteiger partial charge in [-0.15, -0.1) is 0 Å². The first kappa shape index (κ1) is 17.9. The summed E-state index contributed by atoms with van der Waals surface area (Å²) in [6.07, 6.45) is 3.49. The quantitative estimate of drug-likeness (QED) is 0.695. The van der Waals surface area contributed by atoms with Crippen LogP contribution in [0.2, 0.25) is 0 Å². The largest absolute Gasteiger partial charge is 0.389 e. The highest BCUT2D eigenvalue weighted by Crippen LogP contribution is 2.24. The van der Waals surface area contributed by atoms with Crippen molar-refractivity contribution in [3.63, 3.8) is 0 Å². The van der Waals surface area contributed by atoms with E-state index in [1.54, 1.807) is 6.33 Å². The maximum atomic E-state index is 12.6. The van der Waals surface area contributed by atoms with Crippen molar-refractivity contribution in [3.05, 3.63) is 30.6 Å². The van der Waals surface area contributed by atoms with Crippen LogP contribution in [-0.4, -0.2) is 69.2 Å². The normalized spacial score (nSPS) is 26.7. The highest BCUT2D eigenvalue weighted by atomic mass is 16.3. The number of carbonyl (C=O) groups is 2. The summed E-state index contributed by atoms with van der Waals surface area (Å²) in [5, 5.41) is 16.6. The molecule has 1 aliphatic carbocycles. The molecule has 0 bridgehead atoms. The van der Waals surface area contributed by atoms with E-state index in [2.05, 4.69) is 15.6 Å². The van der Waals surface area contributed by atoms with E-state index in [0.717, 1.165) is 36.8 Å². The topological polar surface area (TPSA) is 99.5 Å². The average molecular weight is 371 g/mol. The van der Waals surface area contributed by atoms with Gasteiger partial charge < -0.3 is 20.3 Å². The van der Waals surface area contributed by atoms with Gasteiger partial charge in [-0.3, -0.25) is 14.5 Å². The van der Waals surface area contributed by atoms with Gasteiger partial charge in [-0.25, -0.2) is 4.98 Å². The maximum Gasteiger partial charge on any atom is 0.240 e. The number of carbonyl (C=O) groups excluding carboxylic acids is 2. The van der Waals surface area contributed by atoms with Crippen LogP contribution in [0.3, 0.4) is 0 Å². The molecule has 2 fully saturated rings. The van der Waals surface area contributed by atoms with Crippen LogP contribution < -0.4 is 10.6 Å². The van der Waals surface area contributed by atoms with Gasteiger partial charge in [0.2, 0.25) is 11.8 Å². The summed E-state index contributed by atoms with van der Waals surface area (Å²) in [6, 6.07) is 7.29. The number of para-hydroxylation sites is 2. The Bertz CT molecular complexity index is 836. The molecule has 27 heavy (non-hydrogen) atoms. The smallest absolute Gasteiger partial charge is 0.240 e. The molecule has 2 aliphatic rings. The van der Waals surface area contributed by atoms with Crippen LogP contribution in [0.1, 0.15) is 19.3 Å². The van der Waals surface area contributed by atoms with Gasteiger partial charge in [-0.2, -0.15) is 0 Å². The Morgan fingerprint density at radius 1 is 1.33 bits per heavy atom. The number of fused-ring (bicyclic) bond motifs is 1. The van der Waals surface area contributed by atoms with E-state index < -0.39 is 6.10 Å². The Kier molecular flexibility index (Phi) is 5.09. The number of hydrogen-bond donors (Lipinski definition) is 3. The molecular formula is C19H25N5O3. The molecule has 3 N–H and O–H groups in total. The van der Waals surface area contributed by atoms with Crippen LogP contribution in [0.15, 0.2) is 30.6 Å². The Labute approximate surface area is 157 Å². The standard InChI is InChI=1S/C19H25N5O3/c25-17-10-23(9-8-20-17)16-7-3-5-14(19(16)27)22-18(26)11-24-12-21-13-4-1-2-6-15(13)24/h1-2,4,6,12,14,16,19,27H,3,5,7-11H2,(H,20,25)(H,22,26)/t14-,16-,19-/m1/s1. The van der Waals surface area contributed by atoms with E-state index in [1.165, 1.54) is 0 Å². The molecule has 3 atom stereocenters. The first-order chi connectivity index (χ1) is 13.1. The van der Waals surface area contributed by atoms with Gasteiger partial charge in [-0.1, -0.05) is 12.1 Å². The van der Waals surface area contributed by atoms with E-state index in [4.69, 9.17) is 0 Å². The van der Waals surface area contributed by atoms with Crippen molar-refractivity contribution in [3.8, 4) is 0 Å². The monoisotopic (exact) mass is 371 g/mol. The summed E-state index contributed by atoms with van der Waals surface area (Å²) in [5.41, 5.74) is 1.76. The summed E-state index contributed by atoms with van der Waals surface area (Å²) in [7, 11) is 0. The Morgan fingerprint density at radius 3 is 3.04 bits per heavy atom. The molecule has 4 rings (SSSR count). The van der Waals surface area contributed by atoms with Crippen LogP contribution in [0.25, 0.3) is 11.0 Å². The SMILES string of the molecule is O=C1CN([C@@H]2CCC[C@@H](NC(=O)Cn3cnc4ccccc43)[C@H]2O)CCN1. The lowest BCUT2D eigenvalue weighted by atomic mass is 9.86. The minimum absolute atomic E-state index is 0.00778. The second-order valence-electron chi connectivity index (χ2n) is 7.34. The van der Waals surface area contributed by atoms with Crippen molar-refractivity contribution in [2.75, 3.05) is 19.6 Å². The summed E-state index contributed by atoms with van der Waals surface area (Å²) in [5.74, 6) is -0.147. The molecule has 144 valence electrons. The lowest BCUT2D eigenvalue weighted by molar-refractivity contribution is -0.129. The second-order valence-corrected chi connectivity index (χ2v) is 7.34. The van der Waals surface area contributed by atoms with Crippen molar-refractivity contribution in [1.82, 2.24) is 25.1 Å². The fourth-order valence-electron chi connectivity index (χ4n) is 4.20. The van der Waals surface area contributed by atoms with Crippen molar-refractivity contribution in [1.29, 1.82) is 0 Å². The fraction of sp³-hybridized carbons (Fsp3) is 0.526. The third kappa shape index (κ3) is 3.81. The van der Waals surface area contributed by atoms with Crippen LogP contribution >= 0.6 is 0 Å². The van der Waals surface area contributed by atoms with Crippen molar-refractivity contribution in [2.24, 2.45) is 0 Å². The zero-order valence-electron chi connectivity index (χ0n) is 15.2. The molecule has 1 aromatic carbocycles. The highest BCUT2D eigenvalue weighted by Gasteiger charge is 2.37. The Balaban J connectivity index is 1.39. The lowest BCUT2D eigenvalue weighted by Crippen LogP contribution is -2.61. The van der Waals surface area contributed by atoms with Gasteiger partial charge >= 0.3 is 0 Å². The Morgan fingerprint density at radius 2 is 2.19 bits per heavy atom. The molecule has 1 aromatic heterocycles. The molecule has 2 amide bonds. The molecule has 1 aliphatic heterocycles. The van der Waals surface area contributed by atoms with Crippen LogP contribution in [0.5, 0.6) is 0 Å². The van der Waals surface area contributed by atoms with Crippen LogP contribution in [0.4, 0.5) is 0 Å². The van der Waals surface area contributed by atoms with Gasteiger partial charge in [0.05, 0.1) is 36.1 Å².